The first kappa shape index (κ1) is 33.4. The Morgan fingerprint density at radius 3 is 1.35 bits per heavy atom. The smallest absolute Gasteiger partial charge is 0.306 e. The van der Waals surface area contributed by atoms with Gasteiger partial charge in [0.05, 0.1) is 6.10 Å². The number of carbonyl (C=O) groups excluding carboxylic acids is 1. The van der Waals surface area contributed by atoms with Gasteiger partial charge < -0.3 is 9.84 Å². The fourth-order valence-corrected chi connectivity index (χ4v) is 4.86. The van der Waals surface area contributed by atoms with Crippen molar-refractivity contribution in [1.29, 1.82) is 0 Å². The number of hydrogen-bond acceptors (Lipinski definition) is 3. The van der Waals surface area contributed by atoms with Crippen LogP contribution in [0.4, 0.5) is 0 Å². The molecule has 0 amide bonds. The predicted octanol–water partition coefficient (Wildman–Crippen LogP) is 9.93. The minimum atomic E-state index is -0.500. The third-order valence-corrected chi connectivity index (χ3v) is 7.21. The third kappa shape index (κ3) is 24.6. The molecule has 0 fully saturated rings. The summed E-state index contributed by atoms with van der Waals surface area (Å²) in [7, 11) is 0. The van der Waals surface area contributed by atoms with E-state index in [0.29, 0.717) is 12.3 Å². The maximum Gasteiger partial charge on any atom is 0.306 e. The quantitative estimate of drug-likeness (QED) is 0.0935. The summed E-state index contributed by atoms with van der Waals surface area (Å²) in [5.41, 5.74) is 0. The number of carbonyl (C=O) groups is 1. The molecule has 2 atom stereocenters. The Morgan fingerprint density at radius 1 is 0.559 bits per heavy atom. The molecule has 0 aromatic heterocycles. The number of esters is 1. The molecule has 34 heavy (non-hydrogen) atoms. The molecule has 0 aromatic carbocycles. The SMILES string of the molecule is CCCCCCCCCCCCC(O)COC(=O)CC(CCCCCC)CCCCCCCC. The minimum Gasteiger partial charge on any atom is -0.463 e. The second-order valence-corrected chi connectivity index (χ2v) is 10.8. The highest BCUT2D eigenvalue weighted by molar-refractivity contribution is 5.69. The van der Waals surface area contributed by atoms with Crippen LogP contribution in [0, 0.1) is 5.92 Å². The summed E-state index contributed by atoms with van der Waals surface area (Å²) in [6.45, 7) is 6.94. The summed E-state index contributed by atoms with van der Waals surface area (Å²) in [4.78, 5) is 12.4. The van der Waals surface area contributed by atoms with Crippen LogP contribution in [0.15, 0.2) is 0 Å². The molecule has 0 aliphatic rings. The van der Waals surface area contributed by atoms with E-state index in [0.717, 1.165) is 25.7 Å². The van der Waals surface area contributed by atoms with Gasteiger partial charge in [-0.1, -0.05) is 149 Å². The first-order chi connectivity index (χ1) is 16.6. The van der Waals surface area contributed by atoms with Crippen molar-refractivity contribution in [2.24, 2.45) is 5.92 Å². The van der Waals surface area contributed by atoms with Crippen LogP contribution in [0.3, 0.4) is 0 Å². The topological polar surface area (TPSA) is 46.5 Å². The summed E-state index contributed by atoms with van der Waals surface area (Å²) < 4.78 is 5.47. The molecule has 3 heteroatoms. The Balaban J connectivity index is 3.90. The van der Waals surface area contributed by atoms with Crippen molar-refractivity contribution < 1.29 is 14.6 Å². The Morgan fingerprint density at radius 2 is 0.912 bits per heavy atom. The molecule has 0 rings (SSSR count). The average Bonchev–Trinajstić information content (AvgIpc) is 2.83. The largest absolute Gasteiger partial charge is 0.463 e. The van der Waals surface area contributed by atoms with Crippen molar-refractivity contribution >= 4 is 5.97 Å². The lowest BCUT2D eigenvalue weighted by Gasteiger charge is -2.17. The molecule has 0 aliphatic carbocycles. The molecule has 0 heterocycles. The second-order valence-electron chi connectivity index (χ2n) is 10.8. The van der Waals surface area contributed by atoms with Gasteiger partial charge in [-0.05, 0) is 25.2 Å². The van der Waals surface area contributed by atoms with Gasteiger partial charge in [0.25, 0.3) is 0 Å². The highest BCUT2D eigenvalue weighted by Crippen LogP contribution is 2.22. The number of ether oxygens (including phenoxy) is 1. The van der Waals surface area contributed by atoms with Crippen molar-refractivity contribution in [3.63, 3.8) is 0 Å². The van der Waals surface area contributed by atoms with Gasteiger partial charge in [0.15, 0.2) is 0 Å². The summed E-state index contributed by atoms with van der Waals surface area (Å²) in [5.74, 6) is 0.350. The monoisotopic (exact) mass is 482 g/mol. The molecule has 0 aliphatic heterocycles. The van der Waals surface area contributed by atoms with E-state index in [1.54, 1.807) is 0 Å². The van der Waals surface area contributed by atoms with Crippen LogP contribution in [0.5, 0.6) is 0 Å². The van der Waals surface area contributed by atoms with Gasteiger partial charge in [-0.3, -0.25) is 4.79 Å². The lowest BCUT2D eigenvalue weighted by Crippen LogP contribution is -2.20. The molecular formula is C31H62O3. The van der Waals surface area contributed by atoms with Gasteiger partial charge >= 0.3 is 5.97 Å². The molecular weight excluding hydrogens is 420 g/mol. The van der Waals surface area contributed by atoms with Crippen LogP contribution in [-0.2, 0) is 9.53 Å². The van der Waals surface area contributed by atoms with Crippen LogP contribution in [0.25, 0.3) is 0 Å². The first-order valence-electron chi connectivity index (χ1n) is 15.5. The van der Waals surface area contributed by atoms with Crippen LogP contribution in [0.1, 0.15) is 175 Å². The number of unbranched alkanes of at least 4 members (excludes halogenated alkanes) is 17. The average molecular weight is 483 g/mol. The maximum atomic E-state index is 12.4. The van der Waals surface area contributed by atoms with E-state index in [-0.39, 0.29) is 12.6 Å². The number of aliphatic hydroxyl groups is 1. The van der Waals surface area contributed by atoms with Crippen molar-refractivity contribution in [2.45, 2.75) is 181 Å². The summed E-state index contributed by atoms with van der Waals surface area (Å²) in [6, 6.07) is 0. The lowest BCUT2D eigenvalue weighted by atomic mass is 9.91. The Hall–Kier alpha value is -0.570. The van der Waals surface area contributed by atoms with E-state index in [9.17, 15) is 9.90 Å². The van der Waals surface area contributed by atoms with Gasteiger partial charge in [0.1, 0.15) is 6.61 Å². The zero-order chi connectivity index (χ0) is 25.1. The van der Waals surface area contributed by atoms with Crippen LogP contribution < -0.4 is 0 Å². The van der Waals surface area contributed by atoms with E-state index in [1.165, 1.54) is 122 Å². The normalized spacial score (nSPS) is 13.2. The molecule has 0 aromatic rings. The molecule has 2 unspecified atom stereocenters. The van der Waals surface area contributed by atoms with Crippen molar-refractivity contribution in [3.8, 4) is 0 Å². The van der Waals surface area contributed by atoms with Gasteiger partial charge in [0, 0.05) is 6.42 Å². The molecule has 3 nitrogen and oxygen atoms in total. The van der Waals surface area contributed by atoms with Gasteiger partial charge in [-0.2, -0.15) is 0 Å². The van der Waals surface area contributed by atoms with Gasteiger partial charge in [0.2, 0.25) is 0 Å². The number of hydrogen-bond donors (Lipinski definition) is 1. The molecule has 1 N–H and O–H groups in total. The van der Waals surface area contributed by atoms with Crippen LogP contribution >= 0.6 is 0 Å². The third-order valence-electron chi connectivity index (χ3n) is 7.21. The number of rotatable bonds is 27. The van der Waals surface area contributed by atoms with Gasteiger partial charge in [-0.15, -0.1) is 0 Å². The molecule has 0 saturated carbocycles. The van der Waals surface area contributed by atoms with E-state index >= 15 is 0 Å². The fourth-order valence-electron chi connectivity index (χ4n) is 4.86. The highest BCUT2D eigenvalue weighted by Gasteiger charge is 2.16. The van der Waals surface area contributed by atoms with E-state index in [2.05, 4.69) is 20.8 Å². The molecule has 204 valence electrons. The molecule has 0 spiro atoms. The first-order valence-corrected chi connectivity index (χ1v) is 15.5. The zero-order valence-corrected chi connectivity index (χ0v) is 23.6. The molecule has 0 saturated heterocycles. The summed E-state index contributed by atoms with van der Waals surface area (Å²) in [6.07, 6.45) is 28.9. The Kier molecular flexibility index (Phi) is 26.6. The molecule has 0 radical (unpaired) electrons. The lowest BCUT2D eigenvalue weighted by molar-refractivity contribution is -0.148. The van der Waals surface area contributed by atoms with E-state index in [1.807, 2.05) is 0 Å². The maximum absolute atomic E-state index is 12.4. The van der Waals surface area contributed by atoms with Crippen molar-refractivity contribution in [1.82, 2.24) is 0 Å². The number of aliphatic hydroxyl groups excluding tert-OH is 1. The molecule has 0 bridgehead atoms. The standard InChI is InChI=1S/C31H62O3/c1-4-7-10-13-15-16-17-18-20-23-26-30(32)28-34-31(33)27-29(24-21-12-9-6-3)25-22-19-14-11-8-5-2/h29-30,32H,4-28H2,1-3H3. The van der Waals surface area contributed by atoms with E-state index < -0.39 is 6.10 Å². The Labute approximate surface area is 214 Å². The summed E-state index contributed by atoms with van der Waals surface area (Å²) in [5, 5.41) is 10.2. The van der Waals surface area contributed by atoms with Crippen LogP contribution in [0.2, 0.25) is 0 Å². The van der Waals surface area contributed by atoms with Crippen LogP contribution in [-0.4, -0.2) is 23.8 Å². The predicted molar refractivity (Wildman–Crippen MR) is 148 cm³/mol. The summed E-state index contributed by atoms with van der Waals surface area (Å²) >= 11 is 0. The van der Waals surface area contributed by atoms with Crippen molar-refractivity contribution in [2.75, 3.05) is 6.61 Å². The Bertz CT molecular complexity index is 409. The minimum absolute atomic E-state index is 0.103. The second kappa shape index (κ2) is 27.0. The fraction of sp³-hybridized carbons (Fsp3) is 0.968. The van der Waals surface area contributed by atoms with Gasteiger partial charge in [-0.25, -0.2) is 0 Å². The highest BCUT2D eigenvalue weighted by atomic mass is 16.5. The zero-order valence-electron chi connectivity index (χ0n) is 23.6. The van der Waals surface area contributed by atoms with Crippen molar-refractivity contribution in [3.05, 3.63) is 0 Å². The van der Waals surface area contributed by atoms with E-state index in [4.69, 9.17) is 4.74 Å².